The van der Waals surface area contributed by atoms with Crippen LogP contribution in [-0.2, 0) is 14.3 Å². The van der Waals surface area contributed by atoms with Gasteiger partial charge in [-0.3, -0.25) is 14.2 Å². The van der Waals surface area contributed by atoms with Crippen LogP contribution in [0.5, 0.6) is 0 Å². The number of carbonyl (C=O) groups excluding carboxylic acids is 1. The fraction of sp³-hybridized carbons (Fsp3) is 0.667. The van der Waals surface area contributed by atoms with Gasteiger partial charge in [-0.1, -0.05) is 13.8 Å². The van der Waals surface area contributed by atoms with Gasteiger partial charge in [-0.25, -0.2) is 9.63 Å². The maximum Gasteiger partial charge on any atom is 0.351 e. The summed E-state index contributed by atoms with van der Waals surface area (Å²) in [5, 5.41) is 20.6. The molecule has 5 atom stereocenters. The molecule has 10 nitrogen and oxygen atoms in total. The number of aliphatic hydroxyl groups excluding tert-OH is 1. The molecule has 0 aliphatic carbocycles. The molecule has 1 aliphatic heterocycles. The van der Waals surface area contributed by atoms with Crippen LogP contribution in [0.3, 0.4) is 0 Å². The first-order valence-electron chi connectivity index (χ1n) is 8.18. The minimum atomic E-state index is -1.84. The lowest BCUT2D eigenvalue weighted by molar-refractivity contribution is -0.167. The summed E-state index contributed by atoms with van der Waals surface area (Å²) in [6, 6.07) is 0.562. The number of esters is 1. The highest BCUT2D eigenvalue weighted by Crippen LogP contribution is 2.39. The van der Waals surface area contributed by atoms with Crippen LogP contribution in [0.4, 0.5) is 5.82 Å². The van der Waals surface area contributed by atoms with Gasteiger partial charge in [-0.2, -0.15) is 4.98 Å². The number of halogens is 2. The average molecular weight is 425 g/mol. The third kappa shape index (κ3) is 4.36. The summed E-state index contributed by atoms with van der Waals surface area (Å²) in [5.74, 6) is -0.793. The number of nitrogens with zero attached hydrogens (tertiary/aromatic N) is 2. The molecule has 1 aliphatic rings. The number of anilines is 1. The fourth-order valence-electron chi connectivity index (χ4n) is 2.86. The topological polar surface area (TPSA) is 135 Å². The highest BCUT2D eigenvalue weighted by Gasteiger charge is 2.56. The Morgan fingerprint density at radius 2 is 2.19 bits per heavy atom. The smallest absolute Gasteiger partial charge is 0.351 e. The zero-order valence-corrected chi connectivity index (χ0v) is 16.4. The van der Waals surface area contributed by atoms with Crippen LogP contribution in [0.25, 0.3) is 0 Å². The number of nitrogens with one attached hydrogen (secondary N) is 2. The Hall–Kier alpha value is -1.43. The van der Waals surface area contributed by atoms with Crippen molar-refractivity contribution >= 4 is 35.3 Å². The zero-order chi connectivity index (χ0) is 20.4. The molecule has 1 aromatic rings. The molecule has 2 heterocycles. The third-order valence-corrected chi connectivity index (χ3v) is 4.79. The molecule has 0 radical (unpaired) electrons. The lowest BCUT2D eigenvalue weighted by atomic mass is 9.95. The van der Waals surface area contributed by atoms with Crippen LogP contribution >= 0.6 is 23.6 Å². The summed E-state index contributed by atoms with van der Waals surface area (Å²) < 4.78 is 12.0. The molecule has 152 valence electrons. The van der Waals surface area contributed by atoms with Crippen LogP contribution in [0, 0.1) is 5.92 Å². The van der Waals surface area contributed by atoms with Gasteiger partial charge in [-0.05, 0) is 30.7 Å². The lowest BCUT2D eigenvalue weighted by Gasteiger charge is -2.31. The summed E-state index contributed by atoms with van der Waals surface area (Å²) in [4.78, 5) is 32.8. The van der Waals surface area contributed by atoms with E-state index < -0.39 is 48.3 Å². The van der Waals surface area contributed by atoms with E-state index in [0.717, 1.165) is 4.57 Å². The maximum atomic E-state index is 12.4. The van der Waals surface area contributed by atoms with Crippen molar-refractivity contribution in [1.82, 2.24) is 14.4 Å². The first-order valence-corrected chi connectivity index (χ1v) is 8.94. The van der Waals surface area contributed by atoms with E-state index in [4.69, 9.17) is 33.0 Å². The summed E-state index contributed by atoms with van der Waals surface area (Å²) >= 11 is 11.0. The number of hydrogen-bond acceptors (Lipinski definition) is 9. The molecule has 12 heteroatoms. The number of rotatable bonds is 7. The molecule has 0 aromatic carbocycles. The van der Waals surface area contributed by atoms with Gasteiger partial charge in [0.2, 0.25) is 0 Å². The molecule has 27 heavy (non-hydrogen) atoms. The Labute approximate surface area is 165 Å². The molecule has 2 unspecified atom stereocenters. The third-order valence-electron chi connectivity index (χ3n) is 4.36. The molecular weight excluding hydrogens is 403 g/mol. The standard InChI is InChI=1S/C15H22Cl2N4O6/c1-7(2)10(20-17)12(23)27-11-8(6-22)26-13(15(11,3)25)21-5-4-9(19-16)18-14(21)24/h4-5,7-8,10-11,13,20,22,25H,6H2,1-3H3,(H,18,19,24)/t8-,10?,11?,13-,15+/m1/s1. The molecule has 1 aromatic heterocycles. The van der Waals surface area contributed by atoms with Crippen molar-refractivity contribution in [3.05, 3.63) is 22.7 Å². The van der Waals surface area contributed by atoms with Crippen molar-refractivity contribution in [2.45, 2.75) is 50.8 Å². The van der Waals surface area contributed by atoms with E-state index in [-0.39, 0.29) is 11.7 Å². The van der Waals surface area contributed by atoms with E-state index in [2.05, 4.69) is 14.7 Å². The molecule has 0 amide bonds. The second-order valence-corrected chi connectivity index (χ2v) is 7.13. The van der Waals surface area contributed by atoms with Crippen molar-refractivity contribution in [3.8, 4) is 0 Å². The fourth-order valence-corrected chi connectivity index (χ4v) is 3.30. The van der Waals surface area contributed by atoms with Gasteiger partial charge >= 0.3 is 11.7 Å². The van der Waals surface area contributed by atoms with Gasteiger partial charge in [0.1, 0.15) is 23.6 Å². The number of carbonyl (C=O) groups is 1. The Morgan fingerprint density at radius 3 is 2.67 bits per heavy atom. The van der Waals surface area contributed by atoms with Crippen molar-refractivity contribution in [3.63, 3.8) is 0 Å². The minimum Gasteiger partial charge on any atom is -0.455 e. The van der Waals surface area contributed by atoms with E-state index in [9.17, 15) is 19.8 Å². The van der Waals surface area contributed by atoms with Gasteiger partial charge in [0.25, 0.3) is 0 Å². The van der Waals surface area contributed by atoms with Gasteiger partial charge in [0.15, 0.2) is 12.3 Å². The van der Waals surface area contributed by atoms with E-state index in [1.165, 1.54) is 19.2 Å². The van der Waals surface area contributed by atoms with E-state index in [1.54, 1.807) is 13.8 Å². The van der Waals surface area contributed by atoms with Gasteiger partial charge in [0, 0.05) is 18.0 Å². The van der Waals surface area contributed by atoms with Gasteiger partial charge < -0.3 is 19.7 Å². The Morgan fingerprint density at radius 1 is 1.52 bits per heavy atom. The number of hydrogen-bond donors (Lipinski definition) is 4. The number of aliphatic hydroxyl groups is 2. The SMILES string of the molecule is CC(C)C(NCl)C(=O)OC1[C@@H](CO)O[C@@H](n2ccc(NCl)nc2=O)[C@@]1(C)O. The van der Waals surface area contributed by atoms with Crippen LogP contribution in [-0.4, -0.2) is 56.2 Å². The first kappa shape index (κ1) is 21.9. The normalized spacial score (nSPS) is 29.0. The second kappa shape index (κ2) is 8.72. The highest BCUT2D eigenvalue weighted by atomic mass is 35.5. The quantitative estimate of drug-likeness (QED) is 0.355. The zero-order valence-electron chi connectivity index (χ0n) is 14.9. The Balaban J connectivity index is 2.32. The summed E-state index contributed by atoms with van der Waals surface area (Å²) in [6.07, 6.45) is -2.24. The molecular formula is C15H22Cl2N4O6. The molecule has 0 saturated carbocycles. The predicted octanol–water partition coefficient (Wildman–Crippen LogP) is 0.129. The molecule has 1 fully saturated rings. The van der Waals surface area contributed by atoms with Gasteiger partial charge in [-0.15, -0.1) is 0 Å². The molecule has 1 saturated heterocycles. The van der Waals surface area contributed by atoms with Crippen molar-refractivity contribution in [2.75, 3.05) is 11.4 Å². The Bertz CT molecular complexity index is 729. The van der Waals surface area contributed by atoms with Crippen LogP contribution in [0.15, 0.2) is 17.1 Å². The minimum absolute atomic E-state index is 0.116. The van der Waals surface area contributed by atoms with Gasteiger partial charge in [0.05, 0.1) is 6.61 Å². The van der Waals surface area contributed by atoms with Crippen LogP contribution in [0.1, 0.15) is 27.0 Å². The molecule has 0 bridgehead atoms. The summed E-state index contributed by atoms with van der Waals surface area (Å²) in [5.41, 5.74) is -2.59. The van der Waals surface area contributed by atoms with E-state index in [0.29, 0.717) is 0 Å². The Kier molecular flexibility index (Phi) is 7.06. The van der Waals surface area contributed by atoms with E-state index >= 15 is 0 Å². The lowest BCUT2D eigenvalue weighted by Crippen LogP contribution is -2.51. The molecule has 4 N–H and O–H groups in total. The maximum absolute atomic E-state index is 12.4. The molecule has 2 rings (SSSR count). The molecule has 0 spiro atoms. The number of ether oxygens (including phenoxy) is 2. The van der Waals surface area contributed by atoms with Crippen molar-refractivity contribution < 1.29 is 24.5 Å². The van der Waals surface area contributed by atoms with E-state index in [1.807, 2.05) is 0 Å². The first-order chi connectivity index (χ1) is 12.7. The predicted molar refractivity (Wildman–Crippen MR) is 97.1 cm³/mol. The summed E-state index contributed by atoms with van der Waals surface area (Å²) in [6.45, 7) is 4.31. The highest BCUT2D eigenvalue weighted by molar-refractivity contribution is 6.23. The summed E-state index contributed by atoms with van der Waals surface area (Å²) in [7, 11) is 0. The van der Waals surface area contributed by atoms with Crippen molar-refractivity contribution in [2.24, 2.45) is 5.92 Å². The van der Waals surface area contributed by atoms with Crippen LogP contribution in [0.2, 0.25) is 0 Å². The monoisotopic (exact) mass is 424 g/mol. The largest absolute Gasteiger partial charge is 0.455 e. The van der Waals surface area contributed by atoms with Crippen molar-refractivity contribution in [1.29, 1.82) is 0 Å². The second-order valence-electron chi connectivity index (χ2n) is 6.72. The average Bonchev–Trinajstić information content (AvgIpc) is 2.85. The number of aromatic nitrogens is 2. The van der Waals surface area contributed by atoms with Crippen LogP contribution < -0.4 is 15.4 Å².